The molecule has 14 rings (SSSR count). The summed E-state index contributed by atoms with van der Waals surface area (Å²) in [6.45, 7) is 13.6. The summed E-state index contributed by atoms with van der Waals surface area (Å²) in [5.41, 5.74) is 38.5. The van der Waals surface area contributed by atoms with Gasteiger partial charge in [0.05, 0.1) is 50.5 Å². The van der Waals surface area contributed by atoms with Crippen LogP contribution in [0.15, 0.2) is 130 Å². The number of nitrogens with zero attached hydrogens (tertiary/aromatic N) is 16. The molecule has 16 atom stereocenters. The van der Waals surface area contributed by atoms with Crippen molar-refractivity contribution in [2.75, 3.05) is 90.9 Å². The summed E-state index contributed by atoms with van der Waals surface area (Å²) < 4.78 is 91.6. The monoisotopic (exact) mass is 1720 g/mol. The maximum atomic E-state index is 13.1. The summed E-state index contributed by atoms with van der Waals surface area (Å²) >= 11 is 6.27. The topological polar surface area (TPSA) is 642 Å². The van der Waals surface area contributed by atoms with Gasteiger partial charge in [0.25, 0.3) is 0 Å². The average molecular weight is 1730 g/mol. The lowest BCUT2D eigenvalue weighted by molar-refractivity contribution is -0.0349. The van der Waals surface area contributed by atoms with E-state index < -0.39 is 101 Å². The molecule has 0 bridgehead atoms. The van der Waals surface area contributed by atoms with Crippen molar-refractivity contribution in [3.05, 3.63) is 193 Å². The Hall–Kier alpha value is -10.1. The number of hydrogen-bond donors (Lipinski definition) is 12. The maximum Gasteiger partial charge on any atom is 0.352 e. The smallest absolute Gasteiger partial charge is 0.352 e. The van der Waals surface area contributed by atoms with Crippen molar-refractivity contribution in [2.45, 2.75) is 156 Å². The van der Waals surface area contributed by atoms with E-state index in [0.717, 1.165) is 38.0 Å². The van der Waals surface area contributed by atoms with E-state index in [9.17, 15) is 61.7 Å². The highest BCUT2D eigenvalue weighted by atomic mass is 32.2. The summed E-state index contributed by atoms with van der Waals surface area (Å²) in [5.74, 6) is -0.946. The third-order valence-corrected chi connectivity index (χ3v) is 20.8. The predicted molar refractivity (Wildman–Crippen MR) is 427 cm³/mol. The molecular weight excluding hydrogens is 1630 g/mol. The summed E-state index contributed by atoms with van der Waals surface area (Å²) in [5, 5.41) is 36.4. The Morgan fingerprint density at radius 1 is 0.496 bits per heavy atom. The lowest BCUT2D eigenvalue weighted by Gasteiger charge is -2.16. The Bertz CT molecular complexity index is 4910. The van der Waals surface area contributed by atoms with E-state index in [1.54, 1.807) is 90.4 Å². The van der Waals surface area contributed by atoms with E-state index in [1.807, 2.05) is 34.6 Å². The number of nitrogen functional groups attached to an aromatic ring is 8. The van der Waals surface area contributed by atoms with Crippen LogP contribution in [0.1, 0.15) is 96.8 Å². The summed E-state index contributed by atoms with van der Waals surface area (Å²) in [7, 11) is 1.46. The third-order valence-electron chi connectivity index (χ3n) is 16.3. The van der Waals surface area contributed by atoms with Crippen molar-refractivity contribution >= 4 is 93.6 Å². The fourth-order valence-corrected chi connectivity index (χ4v) is 14.1. The van der Waals surface area contributed by atoms with E-state index in [0.29, 0.717) is 25.4 Å². The molecule has 640 valence electrons. The van der Waals surface area contributed by atoms with Crippen LogP contribution in [0.4, 0.5) is 59.7 Å². The van der Waals surface area contributed by atoms with Gasteiger partial charge in [0, 0.05) is 68.8 Å². The standard InChI is InChI=1S/C9H10FN3O2.C9H13N3O4.2C8H10FN3O2S.2C8H13N3O3.2C8H11N3O2S/c1-5-2-3-7(15-5)13-4-6(10)8(11)12-9(13)14;1-4-6(13)7(14)8(16-4)12-3-2-5(10)11-9(12)15;1-4-14-6(3-15-4)12-2-5(9)7(10)11-8(12)13;1-4-14-3-6(15-4)12-2-5(9)7(10)11-8(12)13;1-14-7(3-5-12)11-4-2-6(9)10-8(11)13;1-6(4-12)14-5-11-3-2-7(9)10-8(11)13;1-5-13-7(4-14-5)11-3-2-6(9)10-8(11)12;1-5-13-4-7(14-5)11-3-2-6(9)10-8(11)12/h2-5,7H,1H3,(H2,11,12,14);2-4,6-8,13-14H,1H3,(H2,10,11,15);2*2,4,6H,3H2,1H3,(H2,10,11,13);2,4,7,12H,3,5H2,1H3,(H2,9,10,13);2-3,6,12H,4-5H2,1H3,(H2,9,10,13);2*2-3,5,7H,4H2,1H3,(H2,9,10,12)/t5-,7-;4-,6+,7?,8-;4-,6+;4-,6-;;;5-,7+;5-,7-/m1101..01/s1. The molecule has 3 unspecified atom stereocenters. The molecule has 117 heavy (non-hydrogen) atoms. The lowest BCUT2D eigenvalue weighted by Crippen LogP contribution is -2.35. The predicted octanol–water partition coefficient (Wildman–Crippen LogP) is -0.552. The molecule has 5 fully saturated rings. The van der Waals surface area contributed by atoms with Crippen LogP contribution in [0.3, 0.4) is 0 Å². The second-order valence-corrected chi connectivity index (χ2v) is 30.7. The van der Waals surface area contributed by atoms with Gasteiger partial charge in [-0.2, -0.15) is 39.9 Å². The summed E-state index contributed by atoms with van der Waals surface area (Å²) in [6.07, 6.45) is 8.73. The number of aromatic nitrogens is 16. The van der Waals surface area contributed by atoms with Gasteiger partial charge in [-0.05, 0) is 84.9 Å². The molecule has 6 aliphatic rings. The van der Waals surface area contributed by atoms with E-state index in [1.165, 1.54) is 73.9 Å². The third kappa shape index (κ3) is 27.5. The molecule has 5 saturated heterocycles. The molecule has 0 amide bonds. The van der Waals surface area contributed by atoms with Crippen LogP contribution in [0.25, 0.3) is 0 Å². The molecule has 20 N–H and O–H groups in total. The number of thioether (sulfide) groups is 4. The second-order valence-electron chi connectivity index (χ2n) is 25.1. The summed E-state index contributed by atoms with van der Waals surface area (Å²) in [6, 6.07) is 7.65. The second kappa shape index (κ2) is 44.5. The van der Waals surface area contributed by atoms with E-state index in [4.69, 9.17) is 94.0 Å². The molecule has 51 heteroatoms. The molecular formula is C66H91F3N24O20S4. The molecule has 0 aromatic carbocycles. The first-order valence-corrected chi connectivity index (χ1v) is 39.0. The molecule has 8 aromatic heterocycles. The molecule has 6 aliphatic heterocycles. The zero-order chi connectivity index (χ0) is 86.2. The highest BCUT2D eigenvalue weighted by molar-refractivity contribution is 8.00. The minimum absolute atomic E-state index is 0.00233. The Labute approximate surface area is 678 Å². The number of hydrogen-bond acceptors (Lipinski definition) is 40. The fraction of sp³-hybridized carbons (Fsp3) is 0.485. The van der Waals surface area contributed by atoms with E-state index >= 15 is 0 Å². The number of rotatable bonds is 14. The first-order valence-electron chi connectivity index (χ1n) is 35.0. The molecule has 0 radical (unpaired) electrons. The van der Waals surface area contributed by atoms with Crippen LogP contribution in [0.2, 0.25) is 0 Å². The van der Waals surface area contributed by atoms with Crippen molar-refractivity contribution in [2.24, 2.45) is 0 Å². The minimum Gasteiger partial charge on any atom is -0.396 e. The highest BCUT2D eigenvalue weighted by Crippen LogP contribution is 2.36. The quantitative estimate of drug-likeness (QED) is 0.0608. The van der Waals surface area contributed by atoms with Crippen LogP contribution in [-0.2, 0) is 44.6 Å². The molecule has 0 saturated carbocycles. The van der Waals surface area contributed by atoms with Crippen LogP contribution < -0.4 is 91.4 Å². The zero-order valence-corrected chi connectivity index (χ0v) is 67.2. The molecule has 14 heterocycles. The first-order chi connectivity index (χ1) is 55.4. The van der Waals surface area contributed by atoms with Crippen molar-refractivity contribution in [3.63, 3.8) is 0 Å². The molecule has 0 aliphatic carbocycles. The number of halogens is 3. The average Bonchev–Trinajstić information content (AvgIpc) is 1.69. The highest BCUT2D eigenvalue weighted by Gasteiger charge is 2.42. The Morgan fingerprint density at radius 3 is 1.32 bits per heavy atom. The summed E-state index contributed by atoms with van der Waals surface area (Å²) in [4.78, 5) is 119. The van der Waals surface area contributed by atoms with Crippen LogP contribution >= 0.6 is 47.0 Å². The van der Waals surface area contributed by atoms with Crippen LogP contribution in [0, 0.1) is 17.5 Å². The molecule has 0 spiro atoms. The van der Waals surface area contributed by atoms with Gasteiger partial charge in [0.2, 0.25) is 0 Å². The number of anilines is 8. The fourth-order valence-electron chi connectivity index (χ4n) is 10.2. The molecule has 8 aromatic rings. The Kier molecular flexibility index (Phi) is 35.7. The van der Waals surface area contributed by atoms with Crippen LogP contribution in [-0.4, -0.2) is 194 Å². The largest absolute Gasteiger partial charge is 0.396 e. The van der Waals surface area contributed by atoms with Crippen molar-refractivity contribution in [1.82, 2.24) is 76.4 Å². The number of aliphatic hydroxyl groups excluding tert-OH is 4. The SMILES string of the molecule is CC(CO)OCn1ccc(N)nc1=O.COC(CCO)n1ccc(N)nc1=O.C[C@@H]1C=C[C@H](n2cc(F)c(N)nc2=O)O1.C[C@@H]1OC[C@H](n2cc(F)c(N)nc2=O)S1.C[C@@H]1OC[C@H](n2ccc(N)nc2=O)S1.C[C@H]1O[C@@H](n2cc(F)c(N)nc2=O)CS1.C[C@H]1O[C@@H](n2ccc(N)nc2=O)C(O)[C@H]1O.C[C@H]1O[C@@H](n2ccc(N)nc2=O)CS1. The van der Waals surface area contributed by atoms with Gasteiger partial charge >= 0.3 is 45.5 Å². The number of aliphatic hydroxyl groups is 4. The minimum atomic E-state index is -1.15. The van der Waals surface area contributed by atoms with Crippen molar-refractivity contribution < 1.29 is 71.5 Å². The van der Waals surface area contributed by atoms with Gasteiger partial charge in [-0.15, -0.1) is 47.0 Å². The van der Waals surface area contributed by atoms with Gasteiger partial charge in [-0.25, -0.2) is 51.5 Å². The van der Waals surface area contributed by atoms with E-state index in [-0.39, 0.29) is 123 Å². The van der Waals surface area contributed by atoms with E-state index in [2.05, 4.69) is 39.9 Å². The van der Waals surface area contributed by atoms with Crippen LogP contribution in [0.5, 0.6) is 0 Å². The van der Waals surface area contributed by atoms with Crippen molar-refractivity contribution in [1.29, 1.82) is 0 Å². The zero-order valence-electron chi connectivity index (χ0n) is 63.9. The Balaban J connectivity index is 0.000000185. The van der Waals surface area contributed by atoms with Gasteiger partial charge < -0.3 is 104 Å². The van der Waals surface area contributed by atoms with Gasteiger partial charge in [0.15, 0.2) is 47.4 Å². The lowest BCUT2D eigenvalue weighted by atomic mass is 10.1. The number of nitrogens with two attached hydrogens (primary N) is 8. The number of methoxy groups -OCH3 is 1. The van der Waals surface area contributed by atoms with Gasteiger partial charge in [-0.3, -0.25) is 36.5 Å². The van der Waals surface area contributed by atoms with Gasteiger partial charge in [0.1, 0.15) is 99.2 Å². The Morgan fingerprint density at radius 2 is 0.915 bits per heavy atom. The number of ether oxygens (including phenoxy) is 8. The van der Waals surface area contributed by atoms with Crippen molar-refractivity contribution in [3.8, 4) is 0 Å². The van der Waals surface area contributed by atoms with Gasteiger partial charge in [-0.1, -0.05) is 6.08 Å². The first kappa shape index (κ1) is 94.0. The normalized spacial score (nSPS) is 23.9. The molecule has 44 nitrogen and oxygen atoms in total. The maximum absolute atomic E-state index is 13.1.